The van der Waals surface area contributed by atoms with E-state index in [1.807, 2.05) is 0 Å². The predicted molar refractivity (Wildman–Crippen MR) is 73.9 cm³/mol. The molecule has 1 heterocycles. The summed E-state index contributed by atoms with van der Waals surface area (Å²) in [6, 6.07) is 7.62. The number of furan rings is 1. The number of rotatable bonds is 4. The molecule has 112 valence electrons. The second-order valence-electron chi connectivity index (χ2n) is 4.37. The number of carbonyl (C=O) groups excluding carboxylic acids is 1. The third kappa shape index (κ3) is 3.29. The quantitative estimate of drug-likeness (QED) is 0.935. The highest BCUT2D eigenvalue weighted by molar-refractivity contribution is 7.88. The monoisotopic (exact) mass is 312 g/mol. The van der Waals surface area contributed by atoms with E-state index in [0.29, 0.717) is 5.69 Å². The number of benzene rings is 1. The smallest absolute Gasteiger partial charge is 0.291 e. The number of anilines is 1. The third-order valence-electron chi connectivity index (χ3n) is 2.64. The standard InChI is InChI=1S/C13H13FN2O4S/c1-16(2)21(18,19)12-8-7-11(20-12)13(17)15-10-5-3-9(14)4-6-10/h3-8H,1-2H3,(H,15,17). The molecule has 0 saturated carbocycles. The Morgan fingerprint density at radius 1 is 1.14 bits per heavy atom. The molecule has 6 nitrogen and oxygen atoms in total. The van der Waals surface area contributed by atoms with Gasteiger partial charge in [-0.05, 0) is 36.4 Å². The topological polar surface area (TPSA) is 79.6 Å². The average molecular weight is 312 g/mol. The highest BCUT2D eigenvalue weighted by Crippen LogP contribution is 2.18. The van der Waals surface area contributed by atoms with Crippen LogP contribution < -0.4 is 5.32 Å². The molecule has 0 atom stereocenters. The van der Waals surface area contributed by atoms with Gasteiger partial charge in [0.25, 0.3) is 15.9 Å². The number of nitrogens with zero attached hydrogens (tertiary/aromatic N) is 1. The minimum absolute atomic E-state index is 0.153. The van der Waals surface area contributed by atoms with Crippen LogP contribution in [-0.2, 0) is 10.0 Å². The normalized spacial score (nSPS) is 11.6. The molecule has 1 N–H and O–H groups in total. The Kier molecular flexibility index (Phi) is 4.10. The molecule has 0 radical (unpaired) electrons. The lowest BCUT2D eigenvalue weighted by Gasteiger charge is -2.07. The maximum absolute atomic E-state index is 12.8. The average Bonchev–Trinajstić information content (AvgIpc) is 2.91. The van der Waals surface area contributed by atoms with Crippen LogP contribution in [0, 0.1) is 5.82 Å². The van der Waals surface area contributed by atoms with Gasteiger partial charge in [0.2, 0.25) is 5.09 Å². The van der Waals surface area contributed by atoms with Crippen LogP contribution >= 0.6 is 0 Å². The van der Waals surface area contributed by atoms with Crippen molar-refractivity contribution in [2.24, 2.45) is 0 Å². The number of halogens is 1. The summed E-state index contributed by atoms with van der Waals surface area (Å²) >= 11 is 0. The van der Waals surface area contributed by atoms with Gasteiger partial charge in [-0.3, -0.25) is 4.79 Å². The maximum Gasteiger partial charge on any atom is 0.291 e. The van der Waals surface area contributed by atoms with Crippen molar-refractivity contribution in [1.82, 2.24) is 4.31 Å². The van der Waals surface area contributed by atoms with Gasteiger partial charge in [0.15, 0.2) is 5.76 Å². The molecule has 0 saturated heterocycles. The number of hydrogen-bond donors (Lipinski definition) is 1. The van der Waals surface area contributed by atoms with E-state index in [-0.39, 0.29) is 10.9 Å². The number of hydrogen-bond acceptors (Lipinski definition) is 4. The van der Waals surface area contributed by atoms with Crippen LogP contribution in [0.3, 0.4) is 0 Å². The molecule has 0 fully saturated rings. The first-order chi connectivity index (χ1) is 9.80. The van der Waals surface area contributed by atoms with Gasteiger partial charge >= 0.3 is 0 Å². The van der Waals surface area contributed by atoms with Crippen molar-refractivity contribution >= 4 is 21.6 Å². The molecule has 8 heteroatoms. The van der Waals surface area contributed by atoms with Crippen molar-refractivity contribution in [3.63, 3.8) is 0 Å². The Morgan fingerprint density at radius 2 is 1.76 bits per heavy atom. The van der Waals surface area contributed by atoms with E-state index in [9.17, 15) is 17.6 Å². The molecule has 0 aliphatic heterocycles. The van der Waals surface area contributed by atoms with Crippen molar-refractivity contribution in [3.8, 4) is 0 Å². The molecule has 0 aliphatic rings. The molecule has 0 bridgehead atoms. The number of carbonyl (C=O) groups is 1. The summed E-state index contributed by atoms with van der Waals surface area (Å²) < 4.78 is 42.4. The maximum atomic E-state index is 12.8. The zero-order valence-electron chi connectivity index (χ0n) is 11.3. The van der Waals surface area contributed by atoms with E-state index in [1.54, 1.807) is 0 Å². The van der Waals surface area contributed by atoms with Crippen molar-refractivity contribution in [2.75, 3.05) is 19.4 Å². The second-order valence-corrected chi connectivity index (χ2v) is 6.45. The molecule has 2 rings (SSSR count). The Hall–Kier alpha value is -2.19. The van der Waals surface area contributed by atoms with Gasteiger partial charge < -0.3 is 9.73 Å². The predicted octanol–water partition coefficient (Wildman–Crippen LogP) is 1.92. The van der Waals surface area contributed by atoms with E-state index in [0.717, 1.165) is 4.31 Å². The fraction of sp³-hybridized carbons (Fsp3) is 0.154. The number of amides is 1. The molecule has 1 aromatic carbocycles. The Bertz CT molecular complexity index is 751. The van der Waals surface area contributed by atoms with Crippen LogP contribution in [0.2, 0.25) is 0 Å². The van der Waals surface area contributed by atoms with Gasteiger partial charge in [-0.2, -0.15) is 0 Å². The zero-order valence-corrected chi connectivity index (χ0v) is 12.1. The summed E-state index contributed by atoms with van der Waals surface area (Å²) in [4.78, 5) is 11.9. The van der Waals surface area contributed by atoms with E-state index in [2.05, 4.69) is 5.32 Å². The fourth-order valence-electron chi connectivity index (χ4n) is 1.49. The largest absolute Gasteiger partial charge is 0.438 e. The summed E-state index contributed by atoms with van der Waals surface area (Å²) in [7, 11) is -1.02. The van der Waals surface area contributed by atoms with Crippen LogP contribution in [0.5, 0.6) is 0 Å². The third-order valence-corrected chi connectivity index (χ3v) is 4.33. The van der Waals surface area contributed by atoms with Gasteiger partial charge in [-0.15, -0.1) is 0 Å². The Labute approximate surface area is 121 Å². The molecule has 1 amide bonds. The van der Waals surface area contributed by atoms with Crippen LogP contribution in [-0.4, -0.2) is 32.7 Å². The van der Waals surface area contributed by atoms with Crippen LogP contribution in [0.4, 0.5) is 10.1 Å². The lowest BCUT2D eigenvalue weighted by molar-refractivity contribution is 0.0991. The SMILES string of the molecule is CN(C)S(=O)(=O)c1ccc(C(=O)Nc2ccc(F)cc2)o1. The first-order valence-corrected chi connectivity index (χ1v) is 7.34. The van der Waals surface area contributed by atoms with Crippen LogP contribution in [0.15, 0.2) is 45.9 Å². The Balaban J connectivity index is 2.18. The van der Waals surface area contributed by atoms with E-state index in [4.69, 9.17) is 4.42 Å². The van der Waals surface area contributed by atoms with Crippen molar-refractivity contribution in [3.05, 3.63) is 48.0 Å². The van der Waals surface area contributed by atoms with Crippen LogP contribution in [0.25, 0.3) is 0 Å². The first kappa shape index (κ1) is 15.2. The fourth-order valence-corrected chi connectivity index (χ4v) is 2.28. The number of sulfonamides is 1. The molecule has 2 aromatic rings. The van der Waals surface area contributed by atoms with Gasteiger partial charge in [-0.25, -0.2) is 17.1 Å². The Morgan fingerprint density at radius 3 is 2.33 bits per heavy atom. The van der Waals surface area contributed by atoms with Gasteiger partial charge in [0, 0.05) is 19.8 Å². The van der Waals surface area contributed by atoms with Crippen molar-refractivity contribution in [1.29, 1.82) is 0 Å². The molecule has 1 aromatic heterocycles. The van der Waals surface area contributed by atoms with Crippen molar-refractivity contribution in [2.45, 2.75) is 5.09 Å². The van der Waals surface area contributed by atoms with Gasteiger partial charge in [0.1, 0.15) is 5.82 Å². The number of nitrogens with one attached hydrogen (secondary N) is 1. The second kappa shape index (κ2) is 5.66. The molecule has 0 aliphatic carbocycles. The lowest BCUT2D eigenvalue weighted by Crippen LogP contribution is -2.21. The first-order valence-electron chi connectivity index (χ1n) is 5.90. The van der Waals surface area contributed by atoms with E-state index >= 15 is 0 Å². The van der Waals surface area contributed by atoms with Crippen molar-refractivity contribution < 1.29 is 22.0 Å². The summed E-state index contributed by atoms with van der Waals surface area (Å²) in [5.41, 5.74) is 0.370. The van der Waals surface area contributed by atoms with Gasteiger partial charge in [-0.1, -0.05) is 0 Å². The lowest BCUT2D eigenvalue weighted by atomic mass is 10.3. The van der Waals surface area contributed by atoms with E-state index < -0.39 is 21.7 Å². The van der Waals surface area contributed by atoms with Crippen LogP contribution in [0.1, 0.15) is 10.6 Å². The molecule has 21 heavy (non-hydrogen) atoms. The summed E-state index contributed by atoms with van der Waals surface area (Å²) in [5, 5.41) is 2.15. The minimum Gasteiger partial charge on any atom is -0.438 e. The minimum atomic E-state index is -3.73. The molecular formula is C13H13FN2O4S. The zero-order chi connectivity index (χ0) is 15.6. The summed E-state index contributed by atoms with van der Waals surface area (Å²) in [5.74, 6) is -1.20. The molecular weight excluding hydrogens is 299 g/mol. The van der Waals surface area contributed by atoms with E-state index in [1.165, 1.54) is 50.5 Å². The highest BCUT2D eigenvalue weighted by Gasteiger charge is 2.23. The molecule has 0 unspecified atom stereocenters. The molecule has 0 spiro atoms. The summed E-state index contributed by atoms with van der Waals surface area (Å²) in [6.07, 6.45) is 0. The summed E-state index contributed by atoms with van der Waals surface area (Å²) in [6.45, 7) is 0. The highest BCUT2D eigenvalue weighted by atomic mass is 32.2. The van der Waals surface area contributed by atoms with Gasteiger partial charge in [0.05, 0.1) is 0 Å².